The van der Waals surface area contributed by atoms with Gasteiger partial charge in [0.1, 0.15) is 0 Å². The Morgan fingerprint density at radius 2 is 1.72 bits per heavy atom. The summed E-state index contributed by atoms with van der Waals surface area (Å²) in [6, 6.07) is 13.4. The molecule has 3 heterocycles. The average molecular weight is 550 g/mol. The summed E-state index contributed by atoms with van der Waals surface area (Å²) in [5.74, 6) is 0. The van der Waals surface area contributed by atoms with Crippen molar-refractivity contribution in [3.05, 3.63) is 63.8 Å². The Bertz CT molecular complexity index is 1350. The molecule has 0 N–H and O–H groups in total. The first-order valence-electron chi connectivity index (χ1n) is 12.2. The van der Waals surface area contributed by atoms with Crippen molar-refractivity contribution in [1.29, 1.82) is 0 Å². The summed E-state index contributed by atoms with van der Waals surface area (Å²) in [6.45, 7) is 6.04. The van der Waals surface area contributed by atoms with Crippen molar-refractivity contribution in [3.63, 3.8) is 0 Å². The van der Waals surface area contributed by atoms with Gasteiger partial charge >= 0.3 is 0 Å². The molecule has 3 aromatic rings. The van der Waals surface area contributed by atoms with Crippen LogP contribution in [0.1, 0.15) is 17.7 Å². The number of nitrogens with zero attached hydrogens (tertiary/aromatic N) is 4. The Labute approximate surface area is 222 Å². The van der Waals surface area contributed by atoms with Crippen molar-refractivity contribution < 1.29 is 13.2 Å². The highest BCUT2D eigenvalue weighted by Crippen LogP contribution is 2.38. The van der Waals surface area contributed by atoms with Gasteiger partial charge in [-0.3, -0.25) is 9.58 Å². The van der Waals surface area contributed by atoms with E-state index < -0.39 is 10.0 Å². The molecule has 0 saturated carbocycles. The molecule has 36 heavy (non-hydrogen) atoms. The lowest BCUT2D eigenvalue weighted by Crippen LogP contribution is -2.37. The minimum Gasteiger partial charge on any atom is -0.379 e. The van der Waals surface area contributed by atoms with Crippen LogP contribution in [0, 0.1) is 0 Å². The largest absolute Gasteiger partial charge is 0.379 e. The molecule has 0 spiro atoms. The van der Waals surface area contributed by atoms with Crippen LogP contribution in [0.4, 0.5) is 0 Å². The van der Waals surface area contributed by atoms with Crippen LogP contribution in [0.5, 0.6) is 0 Å². The lowest BCUT2D eigenvalue weighted by atomic mass is 9.98. The molecule has 0 bridgehead atoms. The van der Waals surface area contributed by atoms with Gasteiger partial charge in [-0.1, -0.05) is 47.5 Å². The molecular weight excluding hydrogens is 519 g/mol. The molecule has 0 radical (unpaired) electrons. The number of benzene rings is 2. The maximum Gasteiger partial charge on any atom is 0.211 e. The average Bonchev–Trinajstić information content (AvgIpc) is 3.23. The van der Waals surface area contributed by atoms with Gasteiger partial charge in [0.15, 0.2) is 0 Å². The van der Waals surface area contributed by atoms with Crippen molar-refractivity contribution in [2.24, 2.45) is 0 Å². The molecule has 0 aliphatic carbocycles. The van der Waals surface area contributed by atoms with Crippen molar-refractivity contribution in [2.75, 3.05) is 45.6 Å². The Kier molecular flexibility index (Phi) is 7.72. The number of hydrogen-bond donors (Lipinski definition) is 0. The summed E-state index contributed by atoms with van der Waals surface area (Å²) in [4.78, 5) is 2.42. The number of sulfonamides is 1. The number of halogens is 2. The molecule has 0 atom stereocenters. The molecule has 10 heteroatoms. The molecule has 7 nitrogen and oxygen atoms in total. The molecule has 5 rings (SSSR count). The zero-order chi connectivity index (χ0) is 25.3. The molecule has 1 saturated heterocycles. The van der Waals surface area contributed by atoms with Gasteiger partial charge in [0.05, 0.1) is 25.2 Å². The minimum atomic E-state index is -3.31. The van der Waals surface area contributed by atoms with Crippen LogP contribution in [-0.2, 0) is 34.3 Å². The van der Waals surface area contributed by atoms with Gasteiger partial charge in [-0.05, 0) is 24.6 Å². The van der Waals surface area contributed by atoms with Crippen molar-refractivity contribution >= 4 is 33.2 Å². The minimum absolute atomic E-state index is 0.316. The third-order valence-corrected chi connectivity index (χ3v) is 8.83. The summed E-state index contributed by atoms with van der Waals surface area (Å²) >= 11 is 13.1. The predicted octanol–water partition coefficient (Wildman–Crippen LogP) is 4.56. The van der Waals surface area contributed by atoms with E-state index in [9.17, 15) is 8.42 Å². The summed E-state index contributed by atoms with van der Waals surface area (Å²) in [6.07, 6.45) is 2.87. The Hall–Kier alpha value is -1.94. The van der Waals surface area contributed by atoms with E-state index in [1.807, 2.05) is 42.5 Å². The second-order valence-corrected chi connectivity index (χ2v) is 12.1. The van der Waals surface area contributed by atoms with E-state index >= 15 is 0 Å². The topological polar surface area (TPSA) is 67.7 Å². The molecule has 1 fully saturated rings. The van der Waals surface area contributed by atoms with E-state index in [2.05, 4.69) is 9.58 Å². The summed E-state index contributed by atoms with van der Waals surface area (Å²) < 4.78 is 33.8. The molecule has 192 valence electrons. The number of fused-ring (bicyclic) bond motifs is 1. The summed E-state index contributed by atoms with van der Waals surface area (Å²) in [5.41, 5.74) is 5.45. The fourth-order valence-corrected chi connectivity index (χ4v) is 6.24. The van der Waals surface area contributed by atoms with E-state index in [1.165, 1.54) is 10.6 Å². The van der Waals surface area contributed by atoms with Crippen molar-refractivity contribution in [2.45, 2.75) is 25.9 Å². The Morgan fingerprint density at radius 3 is 2.47 bits per heavy atom. The maximum absolute atomic E-state index is 12.4. The van der Waals surface area contributed by atoms with Crippen LogP contribution in [0.15, 0.2) is 42.5 Å². The molecular formula is C26H30Cl2N4O3S. The van der Waals surface area contributed by atoms with Crippen molar-refractivity contribution in [1.82, 2.24) is 19.0 Å². The van der Waals surface area contributed by atoms with Gasteiger partial charge in [-0.15, -0.1) is 0 Å². The van der Waals surface area contributed by atoms with Gasteiger partial charge in [-0.25, -0.2) is 8.42 Å². The quantitative estimate of drug-likeness (QED) is 0.432. The van der Waals surface area contributed by atoms with Crippen LogP contribution >= 0.6 is 23.2 Å². The second-order valence-electron chi connectivity index (χ2n) is 9.33. The number of morpholine rings is 1. The number of rotatable bonds is 7. The number of aromatic nitrogens is 2. The SMILES string of the molecule is CS(=O)(=O)N1CCc2c(c(-c3ccc(Cl)c(-c4ccccc4Cl)c3)nn2CCCN2CCOCC2)C1. The molecule has 2 aromatic carbocycles. The van der Waals surface area contributed by atoms with Gasteiger partial charge in [-0.2, -0.15) is 9.40 Å². The van der Waals surface area contributed by atoms with Gasteiger partial charge in [0.25, 0.3) is 0 Å². The third-order valence-electron chi connectivity index (χ3n) is 6.92. The van der Waals surface area contributed by atoms with Crippen LogP contribution in [0.3, 0.4) is 0 Å². The standard InChI is InChI=1S/C26H30Cl2N4O3S/c1-36(33,34)31-12-9-25-22(18-31)26(29-32(25)11-4-10-30-13-15-35-16-14-30)19-7-8-24(28)21(17-19)20-5-2-3-6-23(20)27/h2-3,5-8,17H,4,9-16,18H2,1H3. The lowest BCUT2D eigenvalue weighted by Gasteiger charge is -2.27. The van der Waals surface area contributed by atoms with E-state index in [0.29, 0.717) is 29.6 Å². The number of hydrogen-bond acceptors (Lipinski definition) is 5. The Balaban J connectivity index is 1.50. The monoisotopic (exact) mass is 548 g/mol. The number of ether oxygens (including phenoxy) is 1. The fraction of sp³-hybridized carbons (Fsp3) is 0.423. The van der Waals surface area contributed by atoms with Crippen LogP contribution in [0.2, 0.25) is 10.0 Å². The highest BCUT2D eigenvalue weighted by Gasteiger charge is 2.30. The maximum atomic E-state index is 12.4. The molecule has 0 unspecified atom stereocenters. The smallest absolute Gasteiger partial charge is 0.211 e. The van der Waals surface area contributed by atoms with Crippen molar-refractivity contribution in [3.8, 4) is 22.4 Å². The number of aryl methyl sites for hydroxylation is 1. The molecule has 2 aliphatic rings. The van der Waals surface area contributed by atoms with Crippen LogP contribution in [-0.4, -0.2) is 73.1 Å². The molecule has 0 amide bonds. The first-order valence-corrected chi connectivity index (χ1v) is 14.8. The predicted molar refractivity (Wildman–Crippen MR) is 144 cm³/mol. The summed E-state index contributed by atoms with van der Waals surface area (Å²) in [7, 11) is -3.31. The Morgan fingerprint density at radius 1 is 0.972 bits per heavy atom. The zero-order valence-electron chi connectivity index (χ0n) is 20.3. The zero-order valence-corrected chi connectivity index (χ0v) is 22.6. The second kappa shape index (κ2) is 10.8. The molecule has 1 aromatic heterocycles. The van der Waals surface area contributed by atoms with E-state index in [4.69, 9.17) is 33.0 Å². The highest BCUT2D eigenvalue weighted by atomic mass is 35.5. The highest BCUT2D eigenvalue weighted by molar-refractivity contribution is 7.88. The van der Waals surface area contributed by atoms with E-state index in [0.717, 1.165) is 79.5 Å². The van der Waals surface area contributed by atoms with Gasteiger partial charge in [0, 0.05) is 83.7 Å². The van der Waals surface area contributed by atoms with Gasteiger partial charge < -0.3 is 4.74 Å². The van der Waals surface area contributed by atoms with E-state index in [1.54, 1.807) is 0 Å². The van der Waals surface area contributed by atoms with Crippen LogP contribution in [0.25, 0.3) is 22.4 Å². The summed E-state index contributed by atoms with van der Waals surface area (Å²) in [5, 5.41) is 6.25. The normalized spacial score (nSPS) is 17.3. The third kappa shape index (κ3) is 5.49. The van der Waals surface area contributed by atoms with E-state index in [-0.39, 0.29) is 0 Å². The first-order chi connectivity index (χ1) is 17.3. The first kappa shape index (κ1) is 25.7. The molecule has 2 aliphatic heterocycles. The van der Waals surface area contributed by atoms with Crippen LogP contribution < -0.4 is 0 Å². The lowest BCUT2D eigenvalue weighted by molar-refractivity contribution is 0.0368. The van der Waals surface area contributed by atoms with Gasteiger partial charge in [0.2, 0.25) is 10.0 Å². The fourth-order valence-electron chi connectivity index (χ4n) is 4.99.